The highest BCUT2D eigenvalue weighted by molar-refractivity contribution is 5.88. The first kappa shape index (κ1) is 29.1. The number of alkyl halides is 3. The van der Waals surface area contributed by atoms with Gasteiger partial charge in [0.25, 0.3) is 0 Å². The van der Waals surface area contributed by atoms with Crippen LogP contribution in [0.3, 0.4) is 0 Å². The molecule has 3 aromatic carbocycles. The summed E-state index contributed by atoms with van der Waals surface area (Å²) in [6.07, 6.45) is -3.00. The molecule has 1 amide bonds. The standard InChI is InChI=1S/C32H27F4N5O3/c1-31(2,20-6-4-3-5-7-20)30-38-29(39-44-30)23-17-41(16-19-8-10-21(11-9-19)32(34,35)36)25-15-26(24(33)14-22(25)28(23)43)40-13-12-37-27(42)18-40/h3-11,14-15,17H,12-13,16,18H2,1-2H3,(H,37,42). The molecular formula is C32H27F4N5O3. The number of amides is 1. The van der Waals surface area contributed by atoms with Crippen molar-refractivity contribution in [3.05, 3.63) is 112 Å². The molecular weight excluding hydrogens is 578 g/mol. The molecule has 1 N–H and O–H groups in total. The number of carbonyl (C=O) groups excluding carboxylic acids is 1. The molecule has 1 aliphatic heterocycles. The summed E-state index contributed by atoms with van der Waals surface area (Å²) in [6.45, 7) is 4.48. The number of fused-ring (bicyclic) bond motifs is 1. The van der Waals surface area contributed by atoms with Crippen LogP contribution in [0, 0.1) is 5.82 Å². The van der Waals surface area contributed by atoms with Gasteiger partial charge in [0.15, 0.2) is 0 Å². The Morgan fingerprint density at radius 1 is 0.977 bits per heavy atom. The maximum absolute atomic E-state index is 15.5. The van der Waals surface area contributed by atoms with Crippen LogP contribution in [0.1, 0.15) is 36.4 Å². The summed E-state index contributed by atoms with van der Waals surface area (Å²) in [5.74, 6) is -0.701. The van der Waals surface area contributed by atoms with Gasteiger partial charge in [0.05, 0.1) is 34.3 Å². The first-order valence-corrected chi connectivity index (χ1v) is 13.9. The normalized spacial score (nSPS) is 14.2. The number of hydrogen-bond acceptors (Lipinski definition) is 6. The molecule has 0 spiro atoms. The number of piperazine rings is 1. The lowest BCUT2D eigenvalue weighted by Crippen LogP contribution is -2.48. The molecule has 0 unspecified atom stereocenters. The molecule has 0 radical (unpaired) electrons. The molecule has 1 saturated heterocycles. The molecule has 6 rings (SSSR count). The zero-order valence-electron chi connectivity index (χ0n) is 23.8. The number of pyridine rings is 1. The van der Waals surface area contributed by atoms with Gasteiger partial charge in [0.1, 0.15) is 5.82 Å². The minimum absolute atomic E-state index is 0.00531. The van der Waals surface area contributed by atoms with Gasteiger partial charge in [-0.3, -0.25) is 9.59 Å². The minimum Gasteiger partial charge on any atom is -0.358 e. The van der Waals surface area contributed by atoms with Gasteiger partial charge < -0.3 is 19.3 Å². The number of benzene rings is 3. The lowest BCUT2D eigenvalue weighted by atomic mass is 9.84. The molecule has 0 bridgehead atoms. The van der Waals surface area contributed by atoms with E-state index in [2.05, 4.69) is 15.5 Å². The van der Waals surface area contributed by atoms with Crippen LogP contribution in [0.5, 0.6) is 0 Å². The van der Waals surface area contributed by atoms with Gasteiger partial charge in [-0.05, 0) is 49.2 Å². The molecule has 226 valence electrons. The molecule has 44 heavy (non-hydrogen) atoms. The van der Waals surface area contributed by atoms with Gasteiger partial charge in [-0.2, -0.15) is 18.2 Å². The van der Waals surface area contributed by atoms with Gasteiger partial charge in [0.2, 0.25) is 23.1 Å². The van der Waals surface area contributed by atoms with E-state index in [-0.39, 0.29) is 47.3 Å². The predicted octanol–water partition coefficient (Wildman–Crippen LogP) is 5.52. The smallest absolute Gasteiger partial charge is 0.358 e. The van der Waals surface area contributed by atoms with Crippen molar-refractivity contribution < 1.29 is 26.9 Å². The molecule has 1 fully saturated rings. The second-order valence-corrected chi connectivity index (χ2v) is 11.2. The van der Waals surface area contributed by atoms with Crippen molar-refractivity contribution in [3.8, 4) is 11.4 Å². The lowest BCUT2D eigenvalue weighted by Gasteiger charge is -2.29. The van der Waals surface area contributed by atoms with Crippen LogP contribution in [0.2, 0.25) is 0 Å². The molecule has 5 aromatic rings. The van der Waals surface area contributed by atoms with Crippen molar-refractivity contribution in [2.45, 2.75) is 32.0 Å². The quantitative estimate of drug-likeness (QED) is 0.256. The molecule has 0 saturated carbocycles. The van der Waals surface area contributed by atoms with Crippen molar-refractivity contribution in [2.24, 2.45) is 0 Å². The first-order chi connectivity index (χ1) is 20.9. The van der Waals surface area contributed by atoms with Crippen molar-refractivity contribution in [1.82, 2.24) is 20.0 Å². The average molecular weight is 606 g/mol. The summed E-state index contributed by atoms with van der Waals surface area (Å²) in [6, 6.07) is 16.8. The minimum atomic E-state index is -4.49. The van der Waals surface area contributed by atoms with Gasteiger partial charge >= 0.3 is 6.18 Å². The maximum atomic E-state index is 15.5. The Balaban J connectivity index is 1.48. The van der Waals surface area contributed by atoms with E-state index >= 15 is 4.39 Å². The van der Waals surface area contributed by atoms with E-state index < -0.39 is 28.4 Å². The molecule has 8 nitrogen and oxygen atoms in total. The average Bonchev–Trinajstić information content (AvgIpc) is 3.50. The summed E-state index contributed by atoms with van der Waals surface area (Å²) < 4.78 is 62.3. The predicted molar refractivity (Wildman–Crippen MR) is 156 cm³/mol. The topological polar surface area (TPSA) is 93.3 Å². The third-order valence-corrected chi connectivity index (χ3v) is 7.86. The van der Waals surface area contributed by atoms with Gasteiger partial charge in [0, 0.05) is 31.2 Å². The third kappa shape index (κ3) is 5.43. The largest absolute Gasteiger partial charge is 0.416 e. The number of nitrogens with zero attached hydrogens (tertiary/aromatic N) is 4. The van der Waals surface area contributed by atoms with Crippen molar-refractivity contribution in [1.29, 1.82) is 0 Å². The third-order valence-electron chi connectivity index (χ3n) is 7.86. The maximum Gasteiger partial charge on any atom is 0.416 e. The Morgan fingerprint density at radius 3 is 2.39 bits per heavy atom. The van der Waals surface area contributed by atoms with Crippen LogP contribution in [0.25, 0.3) is 22.3 Å². The Kier molecular flexibility index (Phi) is 7.22. The van der Waals surface area contributed by atoms with E-state index in [4.69, 9.17) is 4.52 Å². The number of nitrogens with one attached hydrogen (secondary N) is 1. The molecule has 2 aromatic heterocycles. The van der Waals surface area contributed by atoms with E-state index in [1.54, 1.807) is 9.47 Å². The zero-order chi connectivity index (χ0) is 31.2. The SMILES string of the molecule is CC(C)(c1ccccc1)c1nc(-c2cn(Cc3ccc(C(F)(F)F)cc3)c3cc(N4CCNC(=O)C4)c(F)cc3c2=O)no1. The lowest BCUT2D eigenvalue weighted by molar-refractivity contribution is -0.137. The molecule has 0 aliphatic carbocycles. The Morgan fingerprint density at radius 2 is 1.70 bits per heavy atom. The van der Waals surface area contributed by atoms with Crippen molar-refractivity contribution >= 4 is 22.5 Å². The van der Waals surface area contributed by atoms with Crippen molar-refractivity contribution in [3.63, 3.8) is 0 Å². The van der Waals surface area contributed by atoms with Gasteiger partial charge in [-0.15, -0.1) is 0 Å². The fraction of sp³-hybridized carbons (Fsp3) is 0.250. The van der Waals surface area contributed by atoms with E-state index in [1.165, 1.54) is 24.4 Å². The van der Waals surface area contributed by atoms with Gasteiger partial charge in [-0.25, -0.2) is 4.39 Å². The summed E-state index contributed by atoms with van der Waals surface area (Å²) in [5, 5.41) is 6.80. The van der Waals surface area contributed by atoms with Crippen LogP contribution >= 0.6 is 0 Å². The fourth-order valence-electron chi connectivity index (χ4n) is 5.34. The summed E-state index contributed by atoms with van der Waals surface area (Å²) >= 11 is 0. The highest BCUT2D eigenvalue weighted by atomic mass is 19.4. The number of halogens is 4. The molecule has 12 heteroatoms. The van der Waals surface area contributed by atoms with E-state index in [1.807, 2.05) is 44.2 Å². The monoisotopic (exact) mass is 605 g/mol. The number of carbonyl (C=O) groups is 1. The van der Waals surface area contributed by atoms with Crippen LogP contribution in [-0.2, 0) is 22.9 Å². The summed E-state index contributed by atoms with van der Waals surface area (Å²) in [4.78, 5) is 31.9. The Hall–Kier alpha value is -5.00. The van der Waals surface area contributed by atoms with Gasteiger partial charge in [-0.1, -0.05) is 47.6 Å². The summed E-state index contributed by atoms with van der Waals surface area (Å²) in [7, 11) is 0. The van der Waals surface area contributed by atoms with Crippen LogP contribution < -0.4 is 15.6 Å². The fourth-order valence-corrected chi connectivity index (χ4v) is 5.34. The van der Waals surface area contributed by atoms with Crippen molar-refractivity contribution in [2.75, 3.05) is 24.5 Å². The zero-order valence-corrected chi connectivity index (χ0v) is 23.8. The van der Waals surface area contributed by atoms with Crippen LogP contribution in [-0.4, -0.2) is 40.2 Å². The van der Waals surface area contributed by atoms with Crippen LogP contribution in [0.4, 0.5) is 23.2 Å². The van der Waals surface area contributed by atoms with E-state index in [0.29, 0.717) is 24.2 Å². The Bertz CT molecular complexity index is 1920. The number of anilines is 1. The molecule has 1 aliphatic rings. The summed E-state index contributed by atoms with van der Waals surface area (Å²) in [5.41, 5.74) is -0.111. The Labute approximate surface area is 248 Å². The van der Waals surface area contributed by atoms with Crippen LogP contribution in [0.15, 0.2) is 82.2 Å². The second kappa shape index (κ2) is 10.9. The number of rotatable bonds is 6. The van der Waals surface area contributed by atoms with E-state index in [0.717, 1.165) is 23.8 Å². The first-order valence-electron chi connectivity index (χ1n) is 13.9. The molecule has 3 heterocycles. The molecule has 0 atom stereocenters. The number of hydrogen-bond donors (Lipinski definition) is 1. The number of aromatic nitrogens is 3. The highest BCUT2D eigenvalue weighted by Gasteiger charge is 2.32. The highest BCUT2D eigenvalue weighted by Crippen LogP contribution is 2.33. The van der Waals surface area contributed by atoms with E-state index in [9.17, 15) is 22.8 Å². The second-order valence-electron chi connectivity index (χ2n) is 11.2.